The van der Waals surface area contributed by atoms with Gasteiger partial charge in [-0.3, -0.25) is 9.59 Å². The number of hydrogen-bond acceptors (Lipinski definition) is 4. The lowest BCUT2D eigenvalue weighted by Crippen LogP contribution is -2.42. The third-order valence-corrected chi connectivity index (χ3v) is 5.19. The number of aromatic nitrogens is 1. The molecule has 5 heteroatoms. The van der Waals surface area contributed by atoms with Crippen molar-refractivity contribution in [3.63, 3.8) is 0 Å². The maximum atomic E-state index is 13.4. The van der Waals surface area contributed by atoms with Crippen LogP contribution in [0.2, 0.25) is 0 Å². The highest BCUT2D eigenvalue weighted by molar-refractivity contribution is 6.40. The van der Waals surface area contributed by atoms with Gasteiger partial charge in [0, 0.05) is 30.6 Å². The van der Waals surface area contributed by atoms with Crippen LogP contribution >= 0.6 is 0 Å². The van der Waals surface area contributed by atoms with Crippen LogP contribution in [-0.2, 0) is 4.79 Å². The molecule has 0 spiro atoms. The van der Waals surface area contributed by atoms with E-state index in [4.69, 9.17) is 0 Å². The highest BCUT2D eigenvalue weighted by Crippen LogP contribution is 2.32. The predicted molar refractivity (Wildman–Crippen MR) is 113 cm³/mol. The van der Waals surface area contributed by atoms with Crippen LogP contribution in [0.25, 0.3) is 5.57 Å². The Hall–Kier alpha value is -3.73. The number of fused-ring (bicyclic) bond motifs is 1. The normalized spacial score (nSPS) is 15.9. The molecule has 0 radical (unpaired) electrons. The second-order valence-electron chi connectivity index (χ2n) is 6.97. The number of amides is 2. The summed E-state index contributed by atoms with van der Waals surface area (Å²) >= 11 is 0. The van der Waals surface area contributed by atoms with Crippen molar-refractivity contribution in [2.75, 3.05) is 11.9 Å². The molecule has 0 unspecified atom stereocenters. The average Bonchev–Trinajstić information content (AvgIpc) is 2.77. The fourth-order valence-corrected chi connectivity index (χ4v) is 3.45. The molecule has 2 heterocycles. The summed E-state index contributed by atoms with van der Waals surface area (Å²) in [5, 5.41) is 0. The topological polar surface area (TPSA) is 53.5 Å². The Bertz CT molecular complexity index is 1080. The summed E-state index contributed by atoms with van der Waals surface area (Å²) in [5.41, 5.74) is 2.74. The van der Waals surface area contributed by atoms with E-state index in [9.17, 15) is 9.59 Å². The van der Waals surface area contributed by atoms with Gasteiger partial charge in [0.1, 0.15) is 5.82 Å². The van der Waals surface area contributed by atoms with Crippen molar-refractivity contribution in [2.24, 2.45) is 0 Å². The minimum Gasteiger partial charge on any atom is -0.373 e. The van der Waals surface area contributed by atoms with Gasteiger partial charge in [-0.1, -0.05) is 54.6 Å². The van der Waals surface area contributed by atoms with E-state index in [0.29, 0.717) is 22.5 Å². The number of pyridine rings is 1. The van der Waals surface area contributed by atoms with E-state index in [1.807, 2.05) is 48.5 Å². The van der Waals surface area contributed by atoms with Gasteiger partial charge in [-0.05, 0) is 30.7 Å². The molecule has 0 saturated carbocycles. The summed E-state index contributed by atoms with van der Waals surface area (Å²) < 4.78 is 0. The van der Waals surface area contributed by atoms with Crippen LogP contribution in [0.1, 0.15) is 34.5 Å². The highest BCUT2D eigenvalue weighted by atomic mass is 16.2. The number of nitrogens with zero attached hydrogens (tertiary/aromatic N) is 3. The second-order valence-corrected chi connectivity index (χ2v) is 6.97. The zero-order chi connectivity index (χ0) is 20.4. The fourth-order valence-electron chi connectivity index (χ4n) is 3.45. The van der Waals surface area contributed by atoms with E-state index < -0.39 is 0 Å². The third kappa shape index (κ3) is 3.43. The first-order valence-corrected chi connectivity index (χ1v) is 9.46. The Morgan fingerprint density at radius 2 is 1.52 bits per heavy atom. The molecule has 29 heavy (non-hydrogen) atoms. The van der Waals surface area contributed by atoms with Gasteiger partial charge in [-0.2, -0.15) is 0 Å². The quantitative estimate of drug-likeness (QED) is 0.498. The third-order valence-electron chi connectivity index (χ3n) is 5.19. The van der Waals surface area contributed by atoms with Crippen LogP contribution in [0, 0.1) is 0 Å². The summed E-state index contributed by atoms with van der Waals surface area (Å²) in [6.07, 6.45) is 3.39. The van der Waals surface area contributed by atoms with Crippen molar-refractivity contribution in [1.82, 2.24) is 9.88 Å². The van der Waals surface area contributed by atoms with Crippen molar-refractivity contribution in [1.29, 1.82) is 0 Å². The highest BCUT2D eigenvalue weighted by Gasteiger charge is 2.36. The molecule has 0 N–H and O–H groups in total. The number of anilines is 1. The molecule has 0 aliphatic carbocycles. The molecule has 1 atom stereocenters. The number of benzene rings is 2. The van der Waals surface area contributed by atoms with Gasteiger partial charge in [-0.15, -0.1) is 0 Å². The zero-order valence-corrected chi connectivity index (χ0v) is 16.3. The number of hydrogen-bond donors (Lipinski definition) is 0. The van der Waals surface area contributed by atoms with E-state index in [-0.39, 0.29) is 17.9 Å². The van der Waals surface area contributed by atoms with Crippen LogP contribution < -0.4 is 4.90 Å². The Morgan fingerprint density at radius 3 is 2.21 bits per heavy atom. The molecule has 2 amide bonds. The van der Waals surface area contributed by atoms with Crippen LogP contribution in [0.5, 0.6) is 0 Å². The first-order chi connectivity index (χ1) is 14.1. The SMILES string of the molecule is C[C@H](c1ccccc1)N(C)C=C1C(=O)N(c2ccccn2)C(=O)c2ccccc21. The molecule has 1 aliphatic heterocycles. The molecular weight excluding hydrogens is 362 g/mol. The maximum absolute atomic E-state index is 13.4. The Kier molecular flexibility index (Phi) is 4.96. The lowest BCUT2D eigenvalue weighted by molar-refractivity contribution is -0.113. The molecule has 2 aromatic carbocycles. The second kappa shape index (κ2) is 7.72. The smallest absolute Gasteiger partial charge is 0.268 e. The summed E-state index contributed by atoms with van der Waals surface area (Å²) in [5.74, 6) is -0.415. The van der Waals surface area contributed by atoms with Crippen LogP contribution in [-0.4, -0.2) is 28.7 Å². The van der Waals surface area contributed by atoms with Gasteiger partial charge >= 0.3 is 0 Å². The van der Waals surface area contributed by atoms with E-state index in [0.717, 1.165) is 10.5 Å². The van der Waals surface area contributed by atoms with E-state index in [2.05, 4.69) is 24.0 Å². The van der Waals surface area contributed by atoms with Crippen molar-refractivity contribution in [3.8, 4) is 0 Å². The fraction of sp³-hybridized carbons (Fsp3) is 0.125. The summed E-state index contributed by atoms with van der Waals surface area (Å²) in [7, 11) is 1.93. The van der Waals surface area contributed by atoms with Gasteiger partial charge in [-0.25, -0.2) is 9.88 Å². The van der Waals surface area contributed by atoms with Gasteiger partial charge in [0.05, 0.1) is 11.6 Å². The monoisotopic (exact) mass is 383 g/mol. The van der Waals surface area contributed by atoms with Crippen LogP contribution in [0.15, 0.2) is 85.2 Å². The molecule has 0 saturated heterocycles. The first kappa shape index (κ1) is 18.6. The van der Waals surface area contributed by atoms with Gasteiger partial charge in [0.25, 0.3) is 11.8 Å². The van der Waals surface area contributed by atoms with Crippen LogP contribution in [0.3, 0.4) is 0 Å². The van der Waals surface area contributed by atoms with Gasteiger partial charge in [0.2, 0.25) is 0 Å². The Morgan fingerprint density at radius 1 is 0.862 bits per heavy atom. The summed E-state index contributed by atoms with van der Waals surface area (Å²) in [4.78, 5) is 33.8. The average molecular weight is 383 g/mol. The van der Waals surface area contributed by atoms with Crippen molar-refractivity contribution < 1.29 is 9.59 Å². The minimum atomic E-state index is -0.375. The zero-order valence-electron chi connectivity index (χ0n) is 16.3. The van der Waals surface area contributed by atoms with Crippen molar-refractivity contribution in [2.45, 2.75) is 13.0 Å². The lowest BCUT2D eigenvalue weighted by Gasteiger charge is -2.30. The number of rotatable bonds is 4. The van der Waals surface area contributed by atoms with Crippen LogP contribution in [0.4, 0.5) is 5.82 Å². The van der Waals surface area contributed by atoms with Gasteiger partial charge < -0.3 is 4.90 Å². The van der Waals surface area contributed by atoms with E-state index >= 15 is 0 Å². The molecule has 3 aromatic rings. The molecular formula is C24H21N3O2. The molecule has 0 fully saturated rings. The van der Waals surface area contributed by atoms with E-state index in [1.165, 1.54) is 0 Å². The molecule has 1 aromatic heterocycles. The molecule has 0 bridgehead atoms. The lowest BCUT2D eigenvalue weighted by atomic mass is 9.93. The number of imide groups is 1. The molecule has 5 nitrogen and oxygen atoms in total. The largest absolute Gasteiger partial charge is 0.373 e. The predicted octanol–water partition coefficient (Wildman–Crippen LogP) is 4.30. The van der Waals surface area contributed by atoms with Crippen molar-refractivity contribution in [3.05, 3.63) is 102 Å². The molecule has 4 rings (SSSR count). The number of carbonyl (C=O) groups excluding carboxylic acids is 2. The Balaban J connectivity index is 1.79. The van der Waals surface area contributed by atoms with Crippen molar-refractivity contribution >= 4 is 23.2 Å². The molecule has 144 valence electrons. The minimum absolute atomic E-state index is 0.0598. The van der Waals surface area contributed by atoms with Gasteiger partial charge in [0.15, 0.2) is 0 Å². The first-order valence-electron chi connectivity index (χ1n) is 9.46. The summed E-state index contributed by atoms with van der Waals surface area (Å²) in [6, 6.07) is 22.5. The number of carbonyl (C=O) groups is 2. The Labute approximate surface area is 169 Å². The summed E-state index contributed by atoms with van der Waals surface area (Å²) in [6.45, 7) is 2.08. The molecule has 1 aliphatic rings. The maximum Gasteiger partial charge on any atom is 0.268 e. The standard InChI is InChI=1S/C24H21N3O2/c1-17(18-10-4-3-5-11-18)26(2)16-21-19-12-6-7-13-20(19)23(28)27(24(21)29)22-14-8-9-15-25-22/h3-17H,1-2H3/t17-/m1/s1. The van der Waals surface area contributed by atoms with E-state index in [1.54, 1.807) is 36.5 Å².